The molecular formula is C13H19ClN4O2. The van der Waals surface area contributed by atoms with Gasteiger partial charge in [-0.3, -0.25) is 15.0 Å². The van der Waals surface area contributed by atoms with Gasteiger partial charge in [-0.25, -0.2) is 4.98 Å². The Morgan fingerprint density at radius 2 is 2.20 bits per heavy atom. The molecule has 6 nitrogen and oxygen atoms in total. The van der Waals surface area contributed by atoms with Gasteiger partial charge in [-0.2, -0.15) is 0 Å². The predicted molar refractivity (Wildman–Crippen MR) is 79.3 cm³/mol. The van der Waals surface area contributed by atoms with Crippen LogP contribution in [0, 0.1) is 10.1 Å². The molecule has 0 bridgehead atoms. The third-order valence-corrected chi connectivity index (χ3v) is 3.82. The van der Waals surface area contributed by atoms with Gasteiger partial charge in [0, 0.05) is 24.8 Å². The SMILES string of the molecule is CC(CNc1ncc(Cl)cc1[N+](=O)[O-])N1CCCCC1. The Bertz CT molecular complexity index is 477. The molecule has 1 atom stereocenters. The van der Waals surface area contributed by atoms with Crippen LogP contribution in [0.3, 0.4) is 0 Å². The highest BCUT2D eigenvalue weighted by Crippen LogP contribution is 2.25. The Morgan fingerprint density at radius 1 is 1.50 bits per heavy atom. The Balaban J connectivity index is 1.97. The number of piperidine rings is 1. The topological polar surface area (TPSA) is 71.3 Å². The molecule has 1 saturated heterocycles. The standard InChI is InChI=1S/C13H19ClN4O2/c1-10(17-5-3-2-4-6-17)8-15-13-12(18(19)20)7-11(14)9-16-13/h7,9-10H,2-6,8H2,1H3,(H,15,16). The number of aromatic nitrogens is 1. The quantitative estimate of drug-likeness (QED) is 0.668. The number of nitrogens with zero attached hydrogens (tertiary/aromatic N) is 3. The van der Waals surface area contributed by atoms with Crippen LogP contribution in [0.15, 0.2) is 12.3 Å². The lowest BCUT2D eigenvalue weighted by atomic mass is 10.1. The summed E-state index contributed by atoms with van der Waals surface area (Å²) in [7, 11) is 0. The van der Waals surface area contributed by atoms with Gasteiger partial charge in [-0.05, 0) is 32.9 Å². The number of rotatable bonds is 5. The van der Waals surface area contributed by atoms with Crippen molar-refractivity contribution in [3.8, 4) is 0 Å². The fourth-order valence-electron chi connectivity index (χ4n) is 2.44. The Hall–Kier alpha value is -1.40. The number of hydrogen-bond donors (Lipinski definition) is 1. The molecule has 1 unspecified atom stereocenters. The van der Waals surface area contributed by atoms with Gasteiger partial charge in [-0.1, -0.05) is 18.0 Å². The van der Waals surface area contributed by atoms with Gasteiger partial charge in [0.15, 0.2) is 0 Å². The lowest BCUT2D eigenvalue weighted by Crippen LogP contribution is -2.41. The molecule has 2 heterocycles. The van der Waals surface area contributed by atoms with Crippen LogP contribution < -0.4 is 5.32 Å². The smallest absolute Gasteiger partial charge is 0.312 e. The van der Waals surface area contributed by atoms with Gasteiger partial charge < -0.3 is 5.32 Å². The molecule has 1 fully saturated rings. The van der Waals surface area contributed by atoms with Gasteiger partial charge in [0.25, 0.3) is 0 Å². The summed E-state index contributed by atoms with van der Waals surface area (Å²) < 4.78 is 0. The molecule has 1 aromatic heterocycles. The van der Waals surface area contributed by atoms with Crippen molar-refractivity contribution in [2.24, 2.45) is 0 Å². The Kier molecular flexibility index (Phi) is 5.14. The van der Waals surface area contributed by atoms with Crippen molar-refractivity contribution in [1.82, 2.24) is 9.88 Å². The molecule has 0 saturated carbocycles. The summed E-state index contributed by atoms with van der Waals surface area (Å²) in [5.74, 6) is 0.281. The van der Waals surface area contributed by atoms with E-state index < -0.39 is 4.92 Å². The molecule has 1 aliphatic heterocycles. The first-order valence-corrected chi connectivity index (χ1v) is 7.23. The van der Waals surface area contributed by atoms with Crippen LogP contribution in [-0.2, 0) is 0 Å². The van der Waals surface area contributed by atoms with E-state index in [1.807, 2.05) is 0 Å². The highest BCUT2D eigenvalue weighted by molar-refractivity contribution is 6.30. The second-order valence-electron chi connectivity index (χ2n) is 5.10. The van der Waals surface area contributed by atoms with Crippen molar-refractivity contribution in [2.45, 2.75) is 32.2 Å². The zero-order chi connectivity index (χ0) is 14.5. The highest BCUT2D eigenvalue weighted by Gasteiger charge is 2.19. The second-order valence-corrected chi connectivity index (χ2v) is 5.54. The Labute approximate surface area is 123 Å². The summed E-state index contributed by atoms with van der Waals surface area (Å²) in [6.07, 6.45) is 5.16. The number of pyridine rings is 1. The summed E-state index contributed by atoms with van der Waals surface area (Å²) in [5, 5.41) is 14.3. The number of hydrogen-bond acceptors (Lipinski definition) is 5. The fourth-order valence-corrected chi connectivity index (χ4v) is 2.59. The molecule has 1 N–H and O–H groups in total. The molecule has 1 aromatic rings. The molecule has 2 rings (SSSR count). The highest BCUT2D eigenvalue weighted by atomic mass is 35.5. The number of anilines is 1. The summed E-state index contributed by atoms with van der Waals surface area (Å²) >= 11 is 5.74. The lowest BCUT2D eigenvalue weighted by Gasteiger charge is -2.32. The third-order valence-electron chi connectivity index (χ3n) is 3.61. The third kappa shape index (κ3) is 3.80. The van der Waals surface area contributed by atoms with E-state index in [4.69, 9.17) is 11.6 Å². The molecule has 0 aliphatic carbocycles. The van der Waals surface area contributed by atoms with Crippen LogP contribution in [-0.4, -0.2) is 40.5 Å². The first kappa shape index (κ1) is 15.0. The summed E-state index contributed by atoms with van der Waals surface area (Å²) in [5.41, 5.74) is -0.0802. The van der Waals surface area contributed by atoms with E-state index in [9.17, 15) is 10.1 Å². The van der Waals surface area contributed by atoms with E-state index in [1.54, 1.807) is 0 Å². The molecule has 0 radical (unpaired) electrons. The van der Waals surface area contributed by atoms with Crippen LogP contribution in [0.5, 0.6) is 0 Å². The summed E-state index contributed by atoms with van der Waals surface area (Å²) in [6, 6.07) is 1.65. The van der Waals surface area contributed by atoms with Crippen molar-refractivity contribution < 1.29 is 4.92 Å². The van der Waals surface area contributed by atoms with Crippen molar-refractivity contribution in [2.75, 3.05) is 25.0 Å². The fraction of sp³-hybridized carbons (Fsp3) is 0.615. The molecule has 110 valence electrons. The van der Waals surface area contributed by atoms with Gasteiger partial charge >= 0.3 is 5.69 Å². The van der Waals surface area contributed by atoms with Crippen molar-refractivity contribution >= 4 is 23.1 Å². The van der Waals surface area contributed by atoms with Gasteiger partial charge in [0.1, 0.15) is 0 Å². The normalized spacial score (nSPS) is 17.7. The van der Waals surface area contributed by atoms with Crippen molar-refractivity contribution in [1.29, 1.82) is 0 Å². The average Bonchev–Trinajstić information content (AvgIpc) is 2.46. The first-order valence-electron chi connectivity index (χ1n) is 6.86. The van der Waals surface area contributed by atoms with Crippen LogP contribution in [0.25, 0.3) is 0 Å². The van der Waals surface area contributed by atoms with E-state index in [0.717, 1.165) is 13.1 Å². The number of nitrogens with one attached hydrogen (secondary N) is 1. The van der Waals surface area contributed by atoms with Gasteiger partial charge in [-0.15, -0.1) is 0 Å². The predicted octanol–water partition coefficient (Wildman–Crippen LogP) is 2.93. The van der Waals surface area contributed by atoms with Crippen LogP contribution in [0.1, 0.15) is 26.2 Å². The molecule has 0 spiro atoms. The maximum Gasteiger partial charge on any atom is 0.312 e. The van der Waals surface area contributed by atoms with E-state index in [1.165, 1.54) is 31.5 Å². The maximum atomic E-state index is 11.0. The summed E-state index contributed by atoms with van der Waals surface area (Å²) in [4.78, 5) is 16.9. The Morgan fingerprint density at radius 3 is 2.85 bits per heavy atom. The van der Waals surface area contributed by atoms with Crippen LogP contribution in [0.2, 0.25) is 5.02 Å². The molecule has 7 heteroatoms. The maximum absolute atomic E-state index is 11.0. The van der Waals surface area contributed by atoms with E-state index in [-0.39, 0.29) is 16.5 Å². The van der Waals surface area contributed by atoms with E-state index >= 15 is 0 Å². The van der Waals surface area contributed by atoms with E-state index in [0.29, 0.717) is 12.6 Å². The van der Waals surface area contributed by atoms with E-state index in [2.05, 4.69) is 22.1 Å². The first-order chi connectivity index (χ1) is 9.58. The van der Waals surface area contributed by atoms with Crippen molar-refractivity contribution in [3.63, 3.8) is 0 Å². The average molecular weight is 299 g/mol. The minimum Gasteiger partial charge on any atom is -0.363 e. The molecule has 20 heavy (non-hydrogen) atoms. The molecule has 0 aromatic carbocycles. The van der Waals surface area contributed by atoms with Gasteiger partial charge in [0.05, 0.1) is 9.95 Å². The van der Waals surface area contributed by atoms with Crippen LogP contribution in [0.4, 0.5) is 11.5 Å². The number of nitro groups is 1. The largest absolute Gasteiger partial charge is 0.363 e. The number of halogens is 1. The van der Waals surface area contributed by atoms with Crippen LogP contribution >= 0.6 is 11.6 Å². The minimum atomic E-state index is -0.466. The van der Waals surface area contributed by atoms with Gasteiger partial charge in [0.2, 0.25) is 5.82 Å². The minimum absolute atomic E-state index is 0.0802. The summed E-state index contributed by atoms with van der Waals surface area (Å²) in [6.45, 7) is 4.95. The van der Waals surface area contributed by atoms with Crippen molar-refractivity contribution in [3.05, 3.63) is 27.4 Å². The lowest BCUT2D eigenvalue weighted by molar-refractivity contribution is -0.384. The molecule has 0 amide bonds. The zero-order valence-corrected chi connectivity index (χ0v) is 12.3. The second kappa shape index (κ2) is 6.85. The monoisotopic (exact) mass is 298 g/mol. The number of likely N-dealkylation sites (tertiary alicyclic amines) is 1. The zero-order valence-electron chi connectivity index (χ0n) is 11.5. The molecule has 1 aliphatic rings. The molecular weight excluding hydrogens is 280 g/mol.